The van der Waals surface area contributed by atoms with E-state index in [4.69, 9.17) is 4.74 Å². The molecule has 1 unspecified atom stereocenters. The highest BCUT2D eigenvalue weighted by molar-refractivity contribution is 5.91. The molecular formula is C15H21NO2. The number of ether oxygens (including phenoxy) is 1. The number of hydrogen-bond donors (Lipinski definition) is 1. The first-order valence-electron chi connectivity index (χ1n) is 6.66. The van der Waals surface area contributed by atoms with E-state index < -0.39 is 5.54 Å². The molecule has 2 rings (SSSR count). The molecule has 0 saturated heterocycles. The molecule has 1 aromatic rings. The molecular weight excluding hydrogens is 226 g/mol. The van der Waals surface area contributed by atoms with Crippen molar-refractivity contribution in [3.63, 3.8) is 0 Å². The Hall–Kier alpha value is -1.35. The van der Waals surface area contributed by atoms with E-state index in [2.05, 4.69) is 5.32 Å². The number of likely N-dealkylation sites (N-methyl/N-ethyl adjacent to an activating group) is 1. The zero-order valence-electron chi connectivity index (χ0n) is 11.2. The maximum absolute atomic E-state index is 12.5. The molecule has 1 N–H and O–H groups in total. The normalized spacial score (nSPS) is 24.0. The Kier molecular flexibility index (Phi) is 4.02. The maximum atomic E-state index is 12.5. The molecule has 0 aromatic heterocycles. The fourth-order valence-electron chi connectivity index (χ4n) is 2.89. The summed E-state index contributed by atoms with van der Waals surface area (Å²) in [6.45, 7) is 2.82. The van der Waals surface area contributed by atoms with Gasteiger partial charge < -0.3 is 10.1 Å². The van der Waals surface area contributed by atoms with Gasteiger partial charge in [-0.05, 0) is 25.5 Å². The van der Waals surface area contributed by atoms with E-state index in [0.717, 1.165) is 37.1 Å². The van der Waals surface area contributed by atoms with Crippen molar-refractivity contribution in [2.45, 2.75) is 38.1 Å². The molecule has 18 heavy (non-hydrogen) atoms. The van der Waals surface area contributed by atoms with E-state index in [0.29, 0.717) is 12.2 Å². The van der Waals surface area contributed by atoms with Gasteiger partial charge in [-0.1, -0.05) is 31.5 Å². The van der Waals surface area contributed by atoms with Crippen LogP contribution in [0, 0.1) is 0 Å². The van der Waals surface area contributed by atoms with Crippen molar-refractivity contribution in [1.82, 2.24) is 5.32 Å². The lowest BCUT2D eigenvalue weighted by Gasteiger charge is -2.37. The maximum Gasteiger partial charge on any atom is 0.157 e. The number of carbonyl (C=O) groups is 1. The van der Waals surface area contributed by atoms with Crippen LogP contribution in [0.25, 0.3) is 0 Å². The van der Waals surface area contributed by atoms with E-state index in [1.54, 1.807) is 7.11 Å². The van der Waals surface area contributed by atoms with Crippen LogP contribution in [0.4, 0.5) is 0 Å². The minimum atomic E-state index is -0.542. The van der Waals surface area contributed by atoms with Crippen LogP contribution in [0.3, 0.4) is 0 Å². The second kappa shape index (κ2) is 5.53. The lowest BCUT2D eigenvalue weighted by atomic mass is 9.75. The molecule has 0 bridgehead atoms. The molecule has 3 nitrogen and oxygen atoms in total. The van der Waals surface area contributed by atoms with E-state index >= 15 is 0 Å². The van der Waals surface area contributed by atoms with Gasteiger partial charge in [-0.25, -0.2) is 0 Å². The van der Waals surface area contributed by atoms with E-state index in [9.17, 15) is 4.79 Å². The van der Waals surface area contributed by atoms with Crippen molar-refractivity contribution in [1.29, 1.82) is 0 Å². The largest absolute Gasteiger partial charge is 0.496 e. The van der Waals surface area contributed by atoms with Gasteiger partial charge in [0.1, 0.15) is 11.3 Å². The Labute approximate surface area is 109 Å². The quantitative estimate of drug-likeness (QED) is 0.889. The number of benzene rings is 1. The molecule has 1 fully saturated rings. The van der Waals surface area contributed by atoms with Gasteiger partial charge in [0.2, 0.25) is 0 Å². The van der Waals surface area contributed by atoms with E-state index in [1.807, 2.05) is 31.2 Å². The molecule has 1 aromatic carbocycles. The van der Waals surface area contributed by atoms with Crippen LogP contribution >= 0.6 is 0 Å². The summed E-state index contributed by atoms with van der Waals surface area (Å²) < 4.78 is 5.43. The van der Waals surface area contributed by atoms with Crippen molar-refractivity contribution >= 4 is 5.78 Å². The van der Waals surface area contributed by atoms with Crippen molar-refractivity contribution < 1.29 is 9.53 Å². The smallest absolute Gasteiger partial charge is 0.157 e. The number of hydrogen-bond acceptors (Lipinski definition) is 3. The van der Waals surface area contributed by atoms with E-state index in [-0.39, 0.29) is 0 Å². The summed E-state index contributed by atoms with van der Waals surface area (Å²) >= 11 is 0. The third-order valence-corrected chi connectivity index (χ3v) is 3.73. The van der Waals surface area contributed by atoms with Crippen LogP contribution in [0.1, 0.15) is 38.2 Å². The standard InChI is InChI=1S/C15H21NO2/c1-3-16-15(11-7-6-10-14(15)17)12-8-4-5-9-13(12)18-2/h4-5,8-9,16H,3,6-7,10-11H2,1-2H3. The van der Waals surface area contributed by atoms with Gasteiger partial charge in [0, 0.05) is 12.0 Å². The van der Waals surface area contributed by atoms with E-state index in [1.165, 1.54) is 0 Å². The summed E-state index contributed by atoms with van der Waals surface area (Å²) in [5, 5.41) is 3.41. The van der Waals surface area contributed by atoms with Crippen molar-refractivity contribution in [2.75, 3.05) is 13.7 Å². The Morgan fingerprint density at radius 2 is 2.11 bits per heavy atom. The minimum absolute atomic E-state index is 0.292. The highest BCUT2D eigenvalue weighted by atomic mass is 16.5. The number of Topliss-reactive ketones (excluding diaryl/α,β-unsaturated/α-hetero) is 1. The number of nitrogens with one attached hydrogen (secondary N) is 1. The number of methoxy groups -OCH3 is 1. The van der Waals surface area contributed by atoms with Crippen LogP contribution in [-0.2, 0) is 10.3 Å². The molecule has 0 heterocycles. The molecule has 1 aliphatic carbocycles. The molecule has 0 aliphatic heterocycles. The van der Waals surface area contributed by atoms with Crippen LogP contribution in [0.2, 0.25) is 0 Å². The third-order valence-electron chi connectivity index (χ3n) is 3.73. The lowest BCUT2D eigenvalue weighted by molar-refractivity contribution is -0.128. The van der Waals surface area contributed by atoms with Gasteiger partial charge in [-0.15, -0.1) is 0 Å². The topological polar surface area (TPSA) is 38.3 Å². The molecule has 98 valence electrons. The Bertz CT molecular complexity index is 426. The molecule has 0 radical (unpaired) electrons. The van der Waals surface area contributed by atoms with Gasteiger partial charge in [0.05, 0.1) is 7.11 Å². The molecule has 0 amide bonds. The van der Waals surface area contributed by atoms with Crippen LogP contribution in [0.15, 0.2) is 24.3 Å². The number of para-hydroxylation sites is 1. The number of carbonyl (C=O) groups excluding carboxylic acids is 1. The summed E-state index contributed by atoms with van der Waals surface area (Å²) in [7, 11) is 1.66. The monoisotopic (exact) mass is 247 g/mol. The van der Waals surface area contributed by atoms with Crippen LogP contribution in [0.5, 0.6) is 5.75 Å². The Morgan fingerprint density at radius 3 is 2.78 bits per heavy atom. The summed E-state index contributed by atoms with van der Waals surface area (Å²) in [6.07, 6.45) is 3.60. The first-order chi connectivity index (χ1) is 8.74. The first-order valence-corrected chi connectivity index (χ1v) is 6.66. The van der Waals surface area contributed by atoms with Gasteiger partial charge in [0.25, 0.3) is 0 Å². The third kappa shape index (κ3) is 2.15. The van der Waals surface area contributed by atoms with Gasteiger partial charge in [-0.2, -0.15) is 0 Å². The molecule has 1 atom stereocenters. The lowest BCUT2D eigenvalue weighted by Crippen LogP contribution is -2.51. The average molecular weight is 247 g/mol. The van der Waals surface area contributed by atoms with Gasteiger partial charge in [0.15, 0.2) is 5.78 Å². The SMILES string of the molecule is CCNC1(c2ccccc2OC)CCCCC1=O. The second-order valence-corrected chi connectivity index (χ2v) is 4.77. The fraction of sp³-hybridized carbons (Fsp3) is 0.533. The van der Waals surface area contributed by atoms with Crippen LogP contribution in [-0.4, -0.2) is 19.4 Å². The predicted octanol–water partition coefficient (Wildman–Crippen LogP) is 2.64. The summed E-state index contributed by atoms with van der Waals surface area (Å²) in [6, 6.07) is 7.84. The highest BCUT2D eigenvalue weighted by Gasteiger charge is 2.42. The zero-order valence-corrected chi connectivity index (χ0v) is 11.2. The second-order valence-electron chi connectivity index (χ2n) is 4.77. The fourth-order valence-corrected chi connectivity index (χ4v) is 2.89. The number of rotatable bonds is 4. The Morgan fingerprint density at radius 1 is 1.33 bits per heavy atom. The predicted molar refractivity (Wildman–Crippen MR) is 71.8 cm³/mol. The Balaban J connectivity index is 2.48. The molecule has 0 spiro atoms. The van der Waals surface area contributed by atoms with Crippen molar-refractivity contribution in [3.05, 3.63) is 29.8 Å². The van der Waals surface area contributed by atoms with Gasteiger partial charge in [-0.3, -0.25) is 4.79 Å². The summed E-state index contributed by atoms with van der Waals surface area (Å²) in [5.41, 5.74) is 0.443. The minimum Gasteiger partial charge on any atom is -0.496 e. The van der Waals surface area contributed by atoms with Crippen molar-refractivity contribution in [2.24, 2.45) is 0 Å². The molecule has 1 saturated carbocycles. The highest BCUT2D eigenvalue weighted by Crippen LogP contribution is 2.38. The first kappa shape index (κ1) is 13.1. The van der Waals surface area contributed by atoms with Crippen molar-refractivity contribution in [3.8, 4) is 5.75 Å². The molecule has 3 heteroatoms. The summed E-state index contributed by atoms with van der Waals surface area (Å²) in [5.74, 6) is 1.09. The molecule has 1 aliphatic rings. The summed E-state index contributed by atoms with van der Waals surface area (Å²) in [4.78, 5) is 12.5. The number of ketones is 1. The average Bonchev–Trinajstić information content (AvgIpc) is 2.42. The van der Waals surface area contributed by atoms with Crippen LogP contribution < -0.4 is 10.1 Å². The zero-order chi connectivity index (χ0) is 13.0. The van der Waals surface area contributed by atoms with Gasteiger partial charge >= 0.3 is 0 Å².